The molecule has 0 saturated carbocycles. The van der Waals surface area contributed by atoms with E-state index in [1.807, 2.05) is 72.8 Å². The molecule has 1 aliphatic heterocycles. The normalized spacial score (nSPS) is 18.0. The van der Waals surface area contributed by atoms with E-state index in [1.54, 1.807) is 46.2 Å². The number of urea groups is 1. The van der Waals surface area contributed by atoms with Crippen molar-refractivity contribution in [1.82, 2.24) is 9.80 Å². The fraction of sp³-hybridized carbons (Fsp3) is 0.270. The Hall–Kier alpha value is -4.95. The molecule has 0 aliphatic carbocycles. The smallest absolute Gasteiger partial charge is 0.337 e. The summed E-state index contributed by atoms with van der Waals surface area (Å²) in [7, 11) is 2.66. The van der Waals surface area contributed by atoms with Crippen molar-refractivity contribution in [2.24, 2.45) is 0 Å². The van der Waals surface area contributed by atoms with Crippen molar-refractivity contribution in [2.75, 3.05) is 14.2 Å². The number of aryl methyl sites for hydroxylation is 1. The monoisotopic (exact) mass is 606 g/mol. The summed E-state index contributed by atoms with van der Waals surface area (Å²) in [6.07, 6.45) is 0.787. The zero-order valence-electron chi connectivity index (χ0n) is 25.5. The Morgan fingerprint density at radius 3 is 1.62 bits per heavy atom. The van der Waals surface area contributed by atoms with Crippen LogP contribution in [0.1, 0.15) is 49.4 Å². The lowest BCUT2D eigenvalue weighted by molar-refractivity contribution is -0.0453. The van der Waals surface area contributed by atoms with Gasteiger partial charge in [-0.15, -0.1) is 0 Å². The maximum Gasteiger partial charge on any atom is 0.337 e. The SMILES string of the molecule is COC(=O)c1cccc(CN2C(=O)N(Cc3cccc(C(=O)OC)c3)[C@@H](Cc3ccccc3)[C@@H](O)[C@@H]2CCc2ccccc2)c1. The third-order valence-corrected chi connectivity index (χ3v) is 8.34. The second kappa shape index (κ2) is 14.7. The predicted octanol–water partition coefficient (Wildman–Crippen LogP) is 5.67. The van der Waals surface area contributed by atoms with Crippen molar-refractivity contribution in [1.29, 1.82) is 0 Å². The molecule has 4 aromatic rings. The minimum absolute atomic E-state index is 0.183. The van der Waals surface area contributed by atoms with E-state index in [-0.39, 0.29) is 19.1 Å². The van der Waals surface area contributed by atoms with Gasteiger partial charge in [-0.05, 0) is 65.8 Å². The molecule has 1 aliphatic rings. The summed E-state index contributed by atoms with van der Waals surface area (Å²) in [5, 5.41) is 12.2. The van der Waals surface area contributed by atoms with Gasteiger partial charge >= 0.3 is 18.0 Å². The van der Waals surface area contributed by atoms with Crippen molar-refractivity contribution in [2.45, 2.75) is 50.5 Å². The molecule has 2 amide bonds. The van der Waals surface area contributed by atoms with E-state index in [2.05, 4.69) is 0 Å². The van der Waals surface area contributed by atoms with Crippen molar-refractivity contribution < 1.29 is 29.0 Å². The van der Waals surface area contributed by atoms with Gasteiger partial charge in [0.1, 0.15) is 0 Å². The van der Waals surface area contributed by atoms with Crippen LogP contribution in [-0.4, -0.2) is 65.3 Å². The molecule has 8 heteroatoms. The fourth-order valence-corrected chi connectivity index (χ4v) is 6.04. The van der Waals surface area contributed by atoms with Crippen molar-refractivity contribution in [3.05, 3.63) is 143 Å². The largest absolute Gasteiger partial charge is 0.465 e. The Bertz CT molecular complexity index is 1610. The molecule has 3 atom stereocenters. The highest BCUT2D eigenvalue weighted by molar-refractivity contribution is 5.90. The molecule has 0 unspecified atom stereocenters. The summed E-state index contributed by atoms with van der Waals surface area (Å²) in [5.74, 6) is -0.923. The summed E-state index contributed by atoms with van der Waals surface area (Å²) in [4.78, 5) is 42.6. The lowest BCUT2D eigenvalue weighted by Crippen LogP contribution is -2.66. The quantitative estimate of drug-likeness (QED) is 0.221. The van der Waals surface area contributed by atoms with Gasteiger partial charge in [-0.2, -0.15) is 0 Å². The average molecular weight is 607 g/mol. The minimum atomic E-state index is -0.890. The number of rotatable bonds is 11. The van der Waals surface area contributed by atoms with E-state index >= 15 is 0 Å². The van der Waals surface area contributed by atoms with Crippen molar-refractivity contribution in [3.63, 3.8) is 0 Å². The molecule has 8 nitrogen and oxygen atoms in total. The zero-order valence-corrected chi connectivity index (χ0v) is 25.5. The molecule has 4 aromatic carbocycles. The molecular formula is C37H38N2O6. The molecule has 1 saturated heterocycles. The molecule has 0 radical (unpaired) electrons. The number of benzene rings is 4. The number of methoxy groups -OCH3 is 2. The molecule has 5 rings (SSSR count). The third kappa shape index (κ3) is 7.59. The summed E-state index contributed by atoms with van der Waals surface area (Å²) in [6.45, 7) is 0.374. The van der Waals surface area contributed by atoms with Crippen LogP contribution in [0.2, 0.25) is 0 Å². The van der Waals surface area contributed by atoms with E-state index in [0.29, 0.717) is 30.4 Å². The van der Waals surface area contributed by atoms with Gasteiger partial charge in [0.25, 0.3) is 0 Å². The van der Waals surface area contributed by atoms with Gasteiger partial charge < -0.3 is 24.4 Å². The van der Waals surface area contributed by atoms with Crippen LogP contribution in [-0.2, 0) is 35.4 Å². The van der Waals surface area contributed by atoms with Crippen molar-refractivity contribution in [3.8, 4) is 0 Å². The van der Waals surface area contributed by atoms with Gasteiger partial charge in [-0.3, -0.25) is 0 Å². The Morgan fingerprint density at radius 1 is 0.644 bits per heavy atom. The number of amides is 2. The van der Waals surface area contributed by atoms with E-state index in [4.69, 9.17) is 9.47 Å². The highest BCUT2D eigenvalue weighted by atomic mass is 16.5. The minimum Gasteiger partial charge on any atom is -0.465 e. The topological polar surface area (TPSA) is 96.4 Å². The summed E-state index contributed by atoms with van der Waals surface area (Å²) in [5.41, 5.74) is 4.38. The highest BCUT2D eigenvalue weighted by Crippen LogP contribution is 2.31. The van der Waals surface area contributed by atoms with Crippen LogP contribution < -0.4 is 0 Å². The number of hydrogen-bond acceptors (Lipinski definition) is 6. The first-order valence-corrected chi connectivity index (χ1v) is 15.1. The van der Waals surface area contributed by atoms with Gasteiger partial charge in [0.2, 0.25) is 0 Å². The predicted molar refractivity (Wildman–Crippen MR) is 171 cm³/mol. The first kappa shape index (κ1) is 31.5. The number of hydrogen-bond donors (Lipinski definition) is 1. The fourth-order valence-electron chi connectivity index (χ4n) is 6.04. The van der Waals surface area contributed by atoms with Gasteiger partial charge in [-0.1, -0.05) is 84.9 Å². The van der Waals surface area contributed by atoms with Crippen LogP contribution in [0.4, 0.5) is 4.79 Å². The van der Waals surface area contributed by atoms with Gasteiger partial charge in [0.15, 0.2) is 0 Å². The van der Waals surface area contributed by atoms with Crippen LogP contribution in [0.3, 0.4) is 0 Å². The Labute approximate surface area is 263 Å². The summed E-state index contributed by atoms with van der Waals surface area (Å²) in [6, 6.07) is 32.6. The standard InChI is InChI=1S/C37H38N2O6/c1-44-35(41)30-17-9-15-28(21-30)24-38-32(20-19-26-11-5-3-6-12-26)34(40)33(23-27-13-7-4-8-14-27)39(37(38)43)25-29-16-10-18-31(22-29)36(42)45-2/h3-18,21-22,32-34,40H,19-20,23-25H2,1-2H3/t32-,33-,34-/m0/s1. The second-order valence-corrected chi connectivity index (χ2v) is 11.3. The molecule has 45 heavy (non-hydrogen) atoms. The Balaban J connectivity index is 1.53. The number of ether oxygens (including phenoxy) is 2. The van der Waals surface area contributed by atoms with Crippen LogP contribution >= 0.6 is 0 Å². The molecule has 1 heterocycles. The number of aliphatic hydroxyl groups excluding tert-OH is 1. The zero-order chi connectivity index (χ0) is 31.8. The van der Waals surface area contributed by atoms with Crippen LogP contribution in [0.15, 0.2) is 109 Å². The molecule has 0 spiro atoms. The first-order valence-electron chi connectivity index (χ1n) is 15.1. The molecule has 0 aromatic heterocycles. The van der Waals surface area contributed by atoms with E-state index in [9.17, 15) is 19.5 Å². The van der Waals surface area contributed by atoms with E-state index < -0.39 is 30.1 Å². The molecular weight excluding hydrogens is 568 g/mol. The van der Waals surface area contributed by atoms with Gasteiger partial charge in [-0.25, -0.2) is 14.4 Å². The molecule has 232 valence electrons. The van der Waals surface area contributed by atoms with Gasteiger partial charge in [0, 0.05) is 13.1 Å². The third-order valence-electron chi connectivity index (χ3n) is 8.34. The van der Waals surface area contributed by atoms with Gasteiger partial charge in [0.05, 0.1) is 43.5 Å². The van der Waals surface area contributed by atoms with E-state index in [1.165, 1.54) is 14.2 Å². The number of esters is 2. The number of carbonyl (C=O) groups excluding carboxylic acids is 3. The van der Waals surface area contributed by atoms with Crippen molar-refractivity contribution >= 4 is 18.0 Å². The molecule has 1 N–H and O–H groups in total. The summed E-state index contributed by atoms with van der Waals surface area (Å²) < 4.78 is 9.83. The second-order valence-electron chi connectivity index (χ2n) is 11.3. The molecule has 0 bridgehead atoms. The molecule has 1 fully saturated rings. The average Bonchev–Trinajstić information content (AvgIpc) is 3.08. The van der Waals surface area contributed by atoms with Crippen LogP contribution in [0.5, 0.6) is 0 Å². The van der Waals surface area contributed by atoms with Crippen LogP contribution in [0, 0.1) is 0 Å². The maximum absolute atomic E-state index is 14.6. The Morgan fingerprint density at radius 2 is 1.11 bits per heavy atom. The highest BCUT2D eigenvalue weighted by Gasteiger charge is 2.45. The first-order chi connectivity index (χ1) is 21.9. The number of nitrogens with zero attached hydrogens (tertiary/aromatic N) is 2. The van der Waals surface area contributed by atoms with E-state index in [0.717, 1.165) is 22.3 Å². The van der Waals surface area contributed by atoms with Crippen LogP contribution in [0.25, 0.3) is 0 Å². The lowest BCUT2D eigenvalue weighted by Gasteiger charge is -2.49. The maximum atomic E-state index is 14.6. The Kier molecular flexibility index (Phi) is 10.3. The lowest BCUT2D eigenvalue weighted by atomic mass is 9.88. The summed E-state index contributed by atoms with van der Waals surface area (Å²) >= 11 is 0. The number of aliphatic hydroxyl groups is 1. The number of carbonyl (C=O) groups is 3.